The van der Waals surface area contributed by atoms with Crippen molar-refractivity contribution in [3.8, 4) is 0 Å². The number of carbonyl (C=O) groups is 2. The van der Waals surface area contributed by atoms with E-state index in [-0.39, 0.29) is 6.03 Å². The van der Waals surface area contributed by atoms with Crippen LogP contribution in [0.15, 0.2) is 24.3 Å². The maximum absolute atomic E-state index is 12.0. The molecular weight excluding hydrogens is 232 g/mol. The molecule has 2 rings (SSSR count). The van der Waals surface area contributed by atoms with Crippen LogP contribution < -0.4 is 5.32 Å². The van der Waals surface area contributed by atoms with Crippen LogP contribution in [-0.2, 0) is 4.79 Å². The first-order valence-corrected chi connectivity index (χ1v) is 5.95. The Morgan fingerprint density at radius 1 is 1.39 bits per heavy atom. The standard InChI is InChI=1S/C13H16N2O3/c1-9-5-2-3-6-10(9)14-13(18)15-8-4-7-11(15)12(16)17/h2-3,5-6,11H,4,7-8H2,1H3,(H,14,18)(H,16,17)/t11-/m1/s1. The lowest BCUT2D eigenvalue weighted by atomic mass is 10.2. The Hall–Kier alpha value is -2.04. The molecule has 0 aliphatic carbocycles. The Morgan fingerprint density at radius 2 is 2.11 bits per heavy atom. The predicted molar refractivity (Wildman–Crippen MR) is 67.6 cm³/mol. The Kier molecular flexibility index (Phi) is 3.50. The highest BCUT2D eigenvalue weighted by Crippen LogP contribution is 2.20. The number of benzene rings is 1. The van der Waals surface area contributed by atoms with Crippen LogP contribution in [-0.4, -0.2) is 34.6 Å². The van der Waals surface area contributed by atoms with E-state index in [4.69, 9.17) is 5.11 Å². The molecule has 0 saturated carbocycles. The maximum atomic E-state index is 12.0. The Balaban J connectivity index is 2.08. The van der Waals surface area contributed by atoms with Gasteiger partial charge in [0, 0.05) is 12.2 Å². The predicted octanol–water partition coefficient (Wildman–Crippen LogP) is 2.08. The van der Waals surface area contributed by atoms with Crippen LogP contribution in [0.1, 0.15) is 18.4 Å². The average Bonchev–Trinajstić information content (AvgIpc) is 2.81. The van der Waals surface area contributed by atoms with E-state index >= 15 is 0 Å². The Labute approximate surface area is 105 Å². The van der Waals surface area contributed by atoms with E-state index < -0.39 is 12.0 Å². The minimum Gasteiger partial charge on any atom is -0.480 e. The van der Waals surface area contributed by atoms with Gasteiger partial charge < -0.3 is 15.3 Å². The zero-order chi connectivity index (χ0) is 13.1. The van der Waals surface area contributed by atoms with Gasteiger partial charge in [-0.15, -0.1) is 0 Å². The number of carbonyl (C=O) groups excluding carboxylic acids is 1. The van der Waals surface area contributed by atoms with E-state index in [2.05, 4.69) is 5.32 Å². The number of nitrogens with zero attached hydrogens (tertiary/aromatic N) is 1. The van der Waals surface area contributed by atoms with Gasteiger partial charge in [0.1, 0.15) is 6.04 Å². The quantitative estimate of drug-likeness (QED) is 0.841. The first-order chi connectivity index (χ1) is 8.59. The molecule has 96 valence electrons. The molecule has 2 amide bonds. The number of amides is 2. The number of likely N-dealkylation sites (tertiary alicyclic amines) is 1. The number of carboxylic acid groups (broad SMARTS) is 1. The summed E-state index contributed by atoms with van der Waals surface area (Å²) >= 11 is 0. The van der Waals surface area contributed by atoms with Crippen LogP contribution in [0.2, 0.25) is 0 Å². The second-order valence-corrected chi connectivity index (χ2v) is 4.43. The molecule has 1 atom stereocenters. The van der Waals surface area contributed by atoms with Crippen molar-refractivity contribution in [2.24, 2.45) is 0 Å². The highest BCUT2D eigenvalue weighted by molar-refractivity contribution is 5.93. The maximum Gasteiger partial charge on any atom is 0.326 e. The summed E-state index contributed by atoms with van der Waals surface area (Å²) < 4.78 is 0. The lowest BCUT2D eigenvalue weighted by Crippen LogP contribution is -2.42. The van der Waals surface area contributed by atoms with Gasteiger partial charge in [0.15, 0.2) is 0 Å². The number of urea groups is 1. The van der Waals surface area contributed by atoms with Crippen LogP contribution in [0.3, 0.4) is 0 Å². The third-order valence-electron chi connectivity index (χ3n) is 3.19. The lowest BCUT2D eigenvalue weighted by Gasteiger charge is -2.22. The summed E-state index contributed by atoms with van der Waals surface area (Å²) in [5, 5.41) is 11.8. The molecule has 1 aliphatic heterocycles. The van der Waals surface area contributed by atoms with E-state index in [1.165, 1.54) is 4.90 Å². The minimum atomic E-state index is -0.938. The number of aliphatic carboxylic acids is 1. The van der Waals surface area contributed by atoms with Crippen LogP contribution in [0.4, 0.5) is 10.5 Å². The van der Waals surface area contributed by atoms with Gasteiger partial charge in [0.2, 0.25) is 0 Å². The lowest BCUT2D eigenvalue weighted by molar-refractivity contribution is -0.141. The van der Waals surface area contributed by atoms with Crippen LogP contribution in [0, 0.1) is 6.92 Å². The SMILES string of the molecule is Cc1ccccc1NC(=O)N1CCC[C@@H]1C(=O)O. The number of carboxylic acids is 1. The first-order valence-electron chi connectivity index (χ1n) is 5.95. The van der Waals surface area contributed by atoms with E-state index in [9.17, 15) is 9.59 Å². The van der Waals surface area contributed by atoms with Gasteiger partial charge in [-0.05, 0) is 31.4 Å². The fraction of sp³-hybridized carbons (Fsp3) is 0.385. The minimum absolute atomic E-state index is 0.339. The summed E-state index contributed by atoms with van der Waals surface area (Å²) in [5.74, 6) is -0.938. The number of aryl methyl sites for hydroxylation is 1. The summed E-state index contributed by atoms with van der Waals surface area (Å²) in [7, 11) is 0. The van der Waals surface area contributed by atoms with Crippen molar-refractivity contribution in [3.63, 3.8) is 0 Å². The molecular formula is C13H16N2O3. The van der Waals surface area contributed by atoms with Crippen molar-refractivity contribution in [2.75, 3.05) is 11.9 Å². The molecule has 2 N–H and O–H groups in total. The first kappa shape index (κ1) is 12.4. The van der Waals surface area contributed by atoms with Crippen molar-refractivity contribution in [3.05, 3.63) is 29.8 Å². The molecule has 1 saturated heterocycles. The second-order valence-electron chi connectivity index (χ2n) is 4.43. The third kappa shape index (κ3) is 2.45. The van der Waals surface area contributed by atoms with Gasteiger partial charge >= 0.3 is 12.0 Å². The Morgan fingerprint density at radius 3 is 2.78 bits per heavy atom. The molecule has 1 aliphatic rings. The molecule has 1 fully saturated rings. The van der Waals surface area contributed by atoms with Gasteiger partial charge in [-0.25, -0.2) is 9.59 Å². The molecule has 5 heteroatoms. The van der Waals surface area contributed by atoms with E-state index in [0.717, 1.165) is 17.7 Å². The number of para-hydroxylation sites is 1. The highest BCUT2D eigenvalue weighted by atomic mass is 16.4. The molecule has 1 aromatic carbocycles. The third-order valence-corrected chi connectivity index (χ3v) is 3.19. The van der Waals surface area contributed by atoms with Gasteiger partial charge in [-0.2, -0.15) is 0 Å². The zero-order valence-corrected chi connectivity index (χ0v) is 10.2. The molecule has 18 heavy (non-hydrogen) atoms. The summed E-state index contributed by atoms with van der Waals surface area (Å²) in [6.07, 6.45) is 1.26. The molecule has 0 unspecified atom stereocenters. The van der Waals surface area contributed by atoms with E-state index in [1.54, 1.807) is 6.07 Å². The molecule has 0 aromatic heterocycles. The normalized spacial score (nSPS) is 18.7. The van der Waals surface area contributed by atoms with Crippen LogP contribution in [0.5, 0.6) is 0 Å². The smallest absolute Gasteiger partial charge is 0.326 e. The summed E-state index contributed by atoms with van der Waals surface area (Å²) in [6, 6.07) is 6.39. The number of hydrogen-bond acceptors (Lipinski definition) is 2. The van der Waals surface area contributed by atoms with Crippen molar-refractivity contribution in [2.45, 2.75) is 25.8 Å². The number of nitrogens with one attached hydrogen (secondary N) is 1. The van der Waals surface area contributed by atoms with Gasteiger partial charge in [-0.1, -0.05) is 18.2 Å². The molecule has 0 radical (unpaired) electrons. The van der Waals surface area contributed by atoms with Gasteiger partial charge in [0.05, 0.1) is 0 Å². The van der Waals surface area contributed by atoms with Crippen molar-refractivity contribution in [1.82, 2.24) is 4.90 Å². The topological polar surface area (TPSA) is 69.6 Å². The second kappa shape index (κ2) is 5.08. The molecule has 0 spiro atoms. The van der Waals surface area contributed by atoms with Crippen molar-refractivity contribution < 1.29 is 14.7 Å². The summed E-state index contributed by atoms with van der Waals surface area (Å²) in [4.78, 5) is 24.4. The monoisotopic (exact) mass is 248 g/mol. The van der Waals surface area contributed by atoms with Crippen LogP contribution in [0.25, 0.3) is 0 Å². The zero-order valence-electron chi connectivity index (χ0n) is 10.2. The fourth-order valence-electron chi connectivity index (χ4n) is 2.17. The molecule has 5 nitrogen and oxygen atoms in total. The average molecular weight is 248 g/mol. The van der Waals surface area contributed by atoms with Gasteiger partial charge in [-0.3, -0.25) is 0 Å². The molecule has 1 aromatic rings. The molecule has 1 heterocycles. The van der Waals surface area contributed by atoms with E-state index in [0.29, 0.717) is 13.0 Å². The number of rotatable bonds is 2. The van der Waals surface area contributed by atoms with Crippen molar-refractivity contribution in [1.29, 1.82) is 0 Å². The van der Waals surface area contributed by atoms with Crippen molar-refractivity contribution >= 4 is 17.7 Å². The highest BCUT2D eigenvalue weighted by Gasteiger charge is 2.33. The number of hydrogen-bond donors (Lipinski definition) is 2. The molecule has 0 bridgehead atoms. The van der Waals surface area contributed by atoms with Crippen LogP contribution >= 0.6 is 0 Å². The summed E-state index contributed by atoms with van der Waals surface area (Å²) in [6.45, 7) is 2.39. The van der Waals surface area contributed by atoms with E-state index in [1.807, 2.05) is 25.1 Å². The Bertz CT molecular complexity index is 473. The van der Waals surface area contributed by atoms with Gasteiger partial charge in [0.25, 0.3) is 0 Å². The number of anilines is 1. The largest absolute Gasteiger partial charge is 0.480 e. The summed E-state index contributed by atoms with van der Waals surface area (Å²) in [5.41, 5.74) is 1.68. The fourth-order valence-corrected chi connectivity index (χ4v) is 2.17.